The number of amides is 1. The monoisotopic (exact) mass is 381 g/mol. The van der Waals surface area contributed by atoms with Gasteiger partial charge in [0.05, 0.1) is 4.90 Å². The summed E-state index contributed by atoms with van der Waals surface area (Å²) in [6, 6.07) is 6.62. The first-order valence-electron chi connectivity index (χ1n) is 9.35. The summed E-state index contributed by atoms with van der Waals surface area (Å²) < 4.78 is 26.2. The fourth-order valence-electron chi connectivity index (χ4n) is 3.02. The van der Waals surface area contributed by atoms with Crippen LogP contribution in [0.1, 0.15) is 45.1 Å². The van der Waals surface area contributed by atoms with Crippen molar-refractivity contribution in [2.24, 2.45) is 5.92 Å². The Bertz CT molecular complexity index is 680. The molecule has 1 aromatic carbocycles. The summed E-state index contributed by atoms with van der Waals surface area (Å²) in [5.41, 5.74) is 0.895. The number of carbonyl (C=O) groups excluding carboxylic acids is 1. The van der Waals surface area contributed by atoms with Crippen molar-refractivity contribution in [2.75, 3.05) is 20.1 Å². The third-order valence-corrected chi connectivity index (χ3v) is 7.10. The molecule has 7 heteroatoms. The van der Waals surface area contributed by atoms with Crippen LogP contribution in [0.2, 0.25) is 0 Å². The van der Waals surface area contributed by atoms with E-state index in [9.17, 15) is 13.2 Å². The lowest BCUT2D eigenvalue weighted by atomic mass is 9.93. The first kappa shape index (κ1) is 20.9. The Labute approximate surface area is 157 Å². The zero-order valence-electron chi connectivity index (χ0n) is 16.0. The second kappa shape index (κ2) is 9.48. The third kappa shape index (κ3) is 5.79. The van der Waals surface area contributed by atoms with E-state index in [1.165, 1.54) is 4.31 Å². The summed E-state index contributed by atoms with van der Waals surface area (Å²) in [5.74, 6) is 0.698. The van der Waals surface area contributed by atoms with Gasteiger partial charge in [-0.3, -0.25) is 4.79 Å². The molecule has 0 aliphatic carbocycles. The van der Waals surface area contributed by atoms with Gasteiger partial charge in [-0.1, -0.05) is 12.1 Å². The van der Waals surface area contributed by atoms with Crippen molar-refractivity contribution >= 4 is 15.9 Å². The highest BCUT2D eigenvalue weighted by Gasteiger charge is 2.22. The molecule has 1 fully saturated rings. The number of rotatable bonds is 8. The number of benzene rings is 1. The van der Waals surface area contributed by atoms with Gasteiger partial charge < -0.3 is 10.6 Å². The maximum atomic E-state index is 12.4. The van der Waals surface area contributed by atoms with Gasteiger partial charge >= 0.3 is 0 Å². The minimum Gasteiger partial charge on any atom is -0.352 e. The molecule has 0 spiro atoms. The van der Waals surface area contributed by atoms with E-state index in [0.29, 0.717) is 18.9 Å². The molecule has 146 valence electrons. The lowest BCUT2D eigenvalue weighted by Crippen LogP contribution is -2.33. The van der Waals surface area contributed by atoms with E-state index in [1.807, 2.05) is 13.8 Å². The average molecular weight is 382 g/mol. The predicted molar refractivity (Wildman–Crippen MR) is 103 cm³/mol. The first-order valence-corrected chi connectivity index (χ1v) is 10.8. The molecule has 6 nitrogen and oxygen atoms in total. The number of piperidine rings is 1. The highest BCUT2D eigenvalue weighted by Crippen LogP contribution is 2.18. The van der Waals surface area contributed by atoms with Crippen LogP contribution < -0.4 is 10.6 Å². The predicted octanol–water partition coefficient (Wildman–Crippen LogP) is 2.11. The maximum Gasteiger partial charge on any atom is 0.243 e. The van der Waals surface area contributed by atoms with Gasteiger partial charge in [-0.15, -0.1) is 0 Å². The van der Waals surface area contributed by atoms with Crippen LogP contribution in [0, 0.1) is 5.92 Å². The van der Waals surface area contributed by atoms with Gasteiger partial charge in [0.15, 0.2) is 0 Å². The molecule has 1 aliphatic rings. The van der Waals surface area contributed by atoms with Gasteiger partial charge in [-0.05, 0) is 69.8 Å². The molecule has 0 bridgehead atoms. The van der Waals surface area contributed by atoms with Gasteiger partial charge in [0.1, 0.15) is 0 Å². The minimum absolute atomic E-state index is 0.0553. The molecule has 2 N–H and O–H groups in total. The zero-order chi connectivity index (χ0) is 19.2. The normalized spacial score (nSPS) is 16.2. The molecule has 1 amide bonds. The molecule has 0 radical (unpaired) electrons. The van der Waals surface area contributed by atoms with Crippen LogP contribution in [0.3, 0.4) is 0 Å². The lowest BCUT2D eigenvalue weighted by molar-refractivity contribution is -0.121. The Kier molecular flexibility index (Phi) is 7.61. The van der Waals surface area contributed by atoms with Gasteiger partial charge in [0.25, 0.3) is 0 Å². The minimum atomic E-state index is -3.47. The Morgan fingerprint density at radius 2 is 1.85 bits per heavy atom. The fraction of sp³-hybridized carbons (Fsp3) is 0.632. The first-order chi connectivity index (χ1) is 12.3. The Hall–Kier alpha value is -1.44. The summed E-state index contributed by atoms with van der Waals surface area (Å²) >= 11 is 0. The topological polar surface area (TPSA) is 78.5 Å². The summed E-state index contributed by atoms with van der Waals surface area (Å²) in [7, 11) is -1.89. The van der Waals surface area contributed by atoms with E-state index in [4.69, 9.17) is 0 Å². The van der Waals surface area contributed by atoms with E-state index < -0.39 is 10.0 Å². The van der Waals surface area contributed by atoms with E-state index in [2.05, 4.69) is 10.6 Å². The molecule has 0 atom stereocenters. The molecular weight excluding hydrogens is 350 g/mol. The second-order valence-electron chi connectivity index (χ2n) is 7.27. The molecule has 0 unspecified atom stereocenters. The van der Waals surface area contributed by atoms with Crippen LogP contribution in [-0.4, -0.2) is 44.8 Å². The fourth-order valence-corrected chi connectivity index (χ4v) is 4.39. The van der Waals surface area contributed by atoms with Crippen LogP contribution in [0.15, 0.2) is 29.2 Å². The van der Waals surface area contributed by atoms with Gasteiger partial charge in [-0.25, -0.2) is 8.42 Å². The van der Waals surface area contributed by atoms with Crippen molar-refractivity contribution in [3.05, 3.63) is 29.8 Å². The van der Waals surface area contributed by atoms with Gasteiger partial charge in [-0.2, -0.15) is 4.31 Å². The summed E-state index contributed by atoms with van der Waals surface area (Å²) in [6.07, 6.45) is 3.78. The van der Waals surface area contributed by atoms with Crippen LogP contribution in [0.4, 0.5) is 0 Å². The standard InChI is InChI=1S/C19H31N3O3S/c1-15(2)22(3)26(24,25)18-7-4-17(5-8-18)14-21-19(23)9-6-16-10-12-20-13-11-16/h4-5,7-8,15-16,20H,6,9-14H2,1-3H3,(H,21,23). The van der Waals surface area contributed by atoms with Crippen molar-refractivity contribution in [2.45, 2.75) is 57.0 Å². The molecule has 2 rings (SSSR count). The van der Waals surface area contributed by atoms with Crippen molar-refractivity contribution < 1.29 is 13.2 Å². The second-order valence-corrected chi connectivity index (χ2v) is 9.27. The van der Waals surface area contributed by atoms with Crippen LogP contribution in [0.25, 0.3) is 0 Å². The highest BCUT2D eigenvalue weighted by atomic mass is 32.2. The molecule has 26 heavy (non-hydrogen) atoms. The molecule has 0 saturated carbocycles. The molecule has 0 aromatic heterocycles. The van der Waals surface area contributed by atoms with Crippen molar-refractivity contribution in [1.29, 1.82) is 0 Å². The number of hydrogen-bond donors (Lipinski definition) is 2. The quantitative estimate of drug-likeness (QED) is 0.723. The van der Waals surface area contributed by atoms with Gasteiger partial charge in [0, 0.05) is 26.1 Å². The Balaban J connectivity index is 1.82. The number of nitrogens with one attached hydrogen (secondary N) is 2. The molecule has 1 saturated heterocycles. The van der Waals surface area contributed by atoms with Crippen molar-refractivity contribution in [3.63, 3.8) is 0 Å². The number of hydrogen-bond acceptors (Lipinski definition) is 4. The zero-order valence-corrected chi connectivity index (χ0v) is 16.8. The van der Waals surface area contributed by atoms with Crippen LogP contribution >= 0.6 is 0 Å². The van der Waals surface area contributed by atoms with E-state index >= 15 is 0 Å². The van der Waals surface area contributed by atoms with Crippen LogP contribution in [0.5, 0.6) is 0 Å². The molecule has 1 heterocycles. The van der Waals surface area contributed by atoms with Crippen molar-refractivity contribution in [1.82, 2.24) is 14.9 Å². The SMILES string of the molecule is CC(C)N(C)S(=O)(=O)c1ccc(CNC(=O)CCC2CCNCC2)cc1. The van der Waals surface area contributed by atoms with E-state index in [0.717, 1.165) is 37.9 Å². The van der Waals surface area contributed by atoms with Crippen LogP contribution in [-0.2, 0) is 21.4 Å². The summed E-state index contributed by atoms with van der Waals surface area (Å²) in [4.78, 5) is 12.3. The molecule has 1 aliphatic heterocycles. The smallest absolute Gasteiger partial charge is 0.243 e. The summed E-state index contributed by atoms with van der Waals surface area (Å²) in [6.45, 7) is 6.20. The molecule has 1 aromatic rings. The third-order valence-electron chi connectivity index (χ3n) is 5.06. The van der Waals surface area contributed by atoms with Gasteiger partial charge in [0.2, 0.25) is 15.9 Å². The summed E-state index contributed by atoms with van der Waals surface area (Å²) in [5, 5.41) is 6.25. The Morgan fingerprint density at radius 1 is 1.23 bits per heavy atom. The number of nitrogens with zero attached hydrogens (tertiary/aromatic N) is 1. The molecular formula is C19H31N3O3S. The largest absolute Gasteiger partial charge is 0.352 e. The highest BCUT2D eigenvalue weighted by molar-refractivity contribution is 7.89. The lowest BCUT2D eigenvalue weighted by Gasteiger charge is -2.22. The van der Waals surface area contributed by atoms with Crippen molar-refractivity contribution in [3.8, 4) is 0 Å². The number of sulfonamides is 1. The maximum absolute atomic E-state index is 12.4. The van der Waals surface area contributed by atoms with E-state index in [1.54, 1.807) is 31.3 Å². The Morgan fingerprint density at radius 3 is 2.42 bits per heavy atom. The van der Waals surface area contributed by atoms with E-state index in [-0.39, 0.29) is 16.8 Å². The average Bonchev–Trinajstić information content (AvgIpc) is 2.65. The number of carbonyl (C=O) groups is 1.